The lowest BCUT2D eigenvalue weighted by atomic mass is 10.1. The van der Waals surface area contributed by atoms with Crippen molar-refractivity contribution in [1.29, 1.82) is 0 Å². The van der Waals surface area contributed by atoms with Gasteiger partial charge in [0.15, 0.2) is 0 Å². The van der Waals surface area contributed by atoms with E-state index < -0.39 is 0 Å². The minimum Gasteiger partial charge on any atom is -0.329 e. The molecule has 0 spiro atoms. The van der Waals surface area contributed by atoms with Crippen LogP contribution < -0.4 is 5.73 Å². The second-order valence-electron chi connectivity index (χ2n) is 5.27. The molecule has 1 atom stereocenters. The molecule has 2 rings (SSSR count). The molecular weight excluding hydrogens is 214 g/mol. The molecule has 5 nitrogen and oxygen atoms in total. The zero-order valence-corrected chi connectivity index (χ0v) is 11.0. The molecule has 1 aromatic heterocycles. The average Bonchev–Trinajstić information content (AvgIpc) is 2.98. The summed E-state index contributed by atoms with van der Waals surface area (Å²) < 4.78 is 1.98. The van der Waals surface area contributed by atoms with Crippen molar-refractivity contribution in [2.45, 2.75) is 45.3 Å². The number of likely N-dealkylation sites (N-methyl/N-ethyl adjacent to an activating group) is 1. The number of nitrogens with zero attached hydrogens (tertiary/aromatic N) is 4. The van der Waals surface area contributed by atoms with Gasteiger partial charge in [-0.15, -0.1) is 0 Å². The first-order valence-electron chi connectivity index (χ1n) is 6.42. The summed E-state index contributed by atoms with van der Waals surface area (Å²) in [6.07, 6.45) is 4.28. The molecule has 0 amide bonds. The van der Waals surface area contributed by atoms with Crippen LogP contribution in [0.15, 0.2) is 6.33 Å². The highest BCUT2D eigenvalue weighted by Crippen LogP contribution is 2.34. The third kappa shape index (κ3) is 2.84. The molecule has 1 aromatic rings. The molecule has 2 N–H and O–H groups in total. The van der Waals surface area contributed by atoms with Crippen molar-refractivity contribution in [1.82, 2.24) is 19.7 Å². The summed E-state index contributed by atoms with van der Waals surface area (Å²) in [7, 11) is 2.13. The lowest BCUT2D eigenvalue weighted by Gasteiger charge is -2.26. The Morgan fingerprint density at radius 3 is 2.76 bits per heavy atom. The molecule has 0 aromatic carbocycles. The molecule has 0 radical (unpaired) electrons. The van der Waals surface area contributed by atoms with Gasteiger partial charge in [0.2, 0.25) is 0 Å². The molecule has 1 aliphatic rings. The van der Waals surface area contributed by atoms with Crippen LogP contribution >= 0.6 is 0 Å². The monoisotopic (exact) mass is 237 g/mol. The fourth-order valence-electron chi connectivity index (χ4n) is 2.37. The van der Waals surface area contributed by atoms with Crippen LogP contribution in [-0.2, 0) is 6.54 Å². The third-order valence-corrected chi connectivity index (χ3v) is 3.50. The van der Waals surface area contributed by atoms with Crippen LogP contribution in [0.4, 0.5) is 0 Å². The highest BCUT2D eigenvalue weighted by atomic mass is 15.4. The highest BCUT2D eigenvalue weighted by molar-refractivity contribution is 4.92. The van der Waals surface area contributed by atoms with Gasteiger partial charge < -0.3 is 5.73 Å². The molecule has 96 valence electrons. The van der Waals surface area contributed by atoms with Crippen LogP contribution in [-0.4, -0.2) is 39.3 Å². The lowest BCUT2D eigenvalue weighted by molar-refractivity contribution is 0.206. The smallest absolute Gasteiger partial charge is 0.141 e. The van der Waals surface area contributed by atoms with Gasteiger partial charge in [0.05, 0.1) is 6.54 Å². The number of aromatic nitrogens is 3. The fourth-order valence-corrected chi connectivity index (χ4v) is 2.37. The number of rotatable bonds is 6. The van der Waals surface area contributed by atoms with Gasteiger partial charge in [-0.1, -0.05) is 0 Å². The van der Waals surface area contributed by atoms with E-state index >= 15 is 0 Å². The van der Waals surface area contributed by atoms with Gasteiger partial charge in [-0.3, -0.25) is 4.90 Å². The van der Waals surface area contributed by atoms with Gasteiger partial charge in [0.25, 0.3) is 0 Å². The van der Waals surface area contributed by atoms with E-state index in [0.29, 0.717) is 12.1 Å². The summed E-state index contributed by atoms with van der Waals surface area (Å²) in [6, 6.07) is 0.852. The maximum absolute atomic E-state index is 5.86. The van der Waals surface area contributed by atoms with E-state index in [1.807, 2.05) is 4.68 Å². The van der Waals surface area contributed by atoms with Crippen molar-refractivity contribution >= 4 is 0 Å². The van der Waals surface area contributed by atoms with Crippen molar-refractivity contribution in [2.24, 2.45) is 11.7 Å². The molecule has 1 fully saturated rings. The minimum atomic E-state index is 0.359. The van der Waals surface area contributed by atoms with Crippen LogP contribution in [0.3, 0.4) is 0 Å². The standard InChI is InChI=1S/C12H23N5/c1-9(2)17-12(14-8-15-17)7-16(3)11(6-13)10-4-5-10/h8-11H,4-7,13H2,1-3H3. The van der Waals surface area contributed by atoms with Gasteiger partial charge in [0.1, 0.15) is 12.2 Å². The Hall–Kier alpha value is -0.940. The predicted molar refractivity (Wildman–Crippen MR) is 67.4 cm³/mol. The summed E-state index contributed by atoms with van der Waals surface area (Å²) in [5.74, 6) is 1.82. The van der Waals surface area contributed by atoms with Crippen LogP contribution in [0.1, 0.15) is 38.6 Å². The van der Waals surface area contributed by atoms with E-state index in [2.05, 4.69) is 35.9 Å². The first kappa shape index (κ1) is 12.5. The largest absolute Gasteiger partial charge is 0.329 e. The van der Waals surface area contributed by atoms with E-state index in [4.69, 9.17) is 5.73 Å². The Bertz CT molecular complexity index is 356. The molecule has 0 saturated heterocycles. The molecule has 1 heterocycles. The summed E-state index contributed by atoms with van der Waals surface area (Å²) in [5, 5.41) is 4.26. The van der Waals surface area contributed by atoms with Crippen LogP contribution in [0.5, 0.6) is 0 Å². The van der Waals surface area contributed by atoms with Crippen molar-refractivity contribution in [2.75, 3.05) is 13.6 Å². The number of hydrogen-bond donors (Lipinski definition) is 1. The second kappa shape index (κ2) is 5.14. The van der Waals surface area contributed by atoms with Crippen LogP contribution in [0.25, 0.3) is 0 Å². The Kier molecular flexibility index (Phi) is 3.79. The highest BCUT2D eigenvalue weighted by Gasteiger charge is 2.33. The molecule has 1 unspecified atom stereocenters. The maximum Gasteiger partial charge on any atom is 0.141 e. The van der Waals surface area contributed by atoms with E-state index in [1.165, 1.54) is 12.8 Å². The Labute approximate surface area is 103 Å². The summed E-state index contributed by atoms with van der Waals surface area (Å²) in [6.45, 7) is 5.81. The lowest BCUT2D eigenvalue weighted by Crippen LogP contribution is -2.39. The van der Waals surface area contributed by atoms with Crippen LogP contribution in [0, 0.1) is 5.92 Å². The second-order valence-corrected chi connectivity index (χ2v) is 5.27. The molecule has 17 heavy (non-hydrogen) atoms. The maximum atomic E-state index is 5.86. The van der Waals surface area contributed by atoms with Crippen molar-refractivity contribution < 1.29 is 0 Å². The quantitative estimate of drug-likeness (QED) is 0.802. The third-order valence-electron chi connectivity index (χ3n) is 3.50. The van der Waals surface area contributed by atoms with Gasteiger partial charge in [-0.25, -0.2) is 9.67 Å². The zero-order chi connectivity index (χ0) is 12.4. The minimum absolute atomic E-state index is 0.359. The SMILES string of the molecule is CC(C)n1ncnc1CN(C)C(CN)C1CC1. The van der Waals surface area contributed by atoms with Gasteiger partial charge in [0, 0.05) is 18.6 Å². The molecule has 0 aliphatic heterocycles. The molecule has 1 saturated carbocycles. The van der Waals surface area contributed by atoms with Crippen molar-refractivity contribution in [3.05, 3.63) is 12.2 Å². The first-order chi connectivity index (χ1) is 8.13. The molecule has 0 bridgehead atoms. The predicted octanol–water partition coefficient (Wildman–Crippen LogP) is 1.03. The van der Waals surface area contributed by atoms with E-state index in [0.717, 1.165) is 24.8 Å². The van der Waals surface area contributed by atoms with Gasteiger partial charge >= 0.3 is 0 Å². The summed E-state index contributed by atoms with van der Waals surface area (Å²) in [5.41, 5.74) is 5.86. The first-order valence-corrected chi connectivity index (χ1v) is 6.42. The Morgan fingerprint density at radius 2 is 2.24 bits per heavy atom. The number of hydrogen-bond acceptors (Lipinski definition) is 4. The fraction of sp³-hybridized carbons (Fsp3) is 0.833. The van der Waals surface area contributed by atoms with Crippen molar-refractivity contribution in [3.8, 4) is 0 Å². The summed E-state index contributed by atoms with van der Waals surface area (Å²) in [4.78, 5) is 6.66. The number of nitrogens with two attached hydrogens (primary N) is 1. The molecule has 1 aliphatic carbocycles. The molecular formula is C12H23N5. The topological polar surface area (TPSA) is 60.0 Å². The Morgan fingerprint density at radius 1 is 1.53 bits per heavy atom. The van der Waals surface area contributed by atoms with E-state index in [-0.39, 0.29) is 0 Å². The van der Waals surface area contributed by atoms with E-state index in [1.54, 1.807) is 6.33 Å². The zero-order valence-electron chi connectivity index (χ0n) is 11.0. The average molecular weight is 237 g/mol. The van der Waals surface area contributed by atoms with Crippen LogP contribution in [0.2, 0.25) is 0 Å². The van der Waals surface area contributed by atoms with Crippen molar-refractivity contribution in [3.63, 3.8) is 0 Å². The Balaban J connectivity index is 2.01. The van der Waals surface area contributed by atoms with Gasteiger partial charge in [-0.2, -0.15) is 5.10 Å². The van der Waals surface area contributed by atoms with Gasteiger partial charge in [-0.05, 0) is 39.7 Å². The normalized spacial score (nSPS) is 18.0. The molecule has 5 heteroatoms. The summed E-state index contributed by atoms with van der Waals surface area (Å²) >= 11 is 0. The van der Waals surface area contributed by atoms with E-state index in [9.17, 15) is 0 Å².